The number of rotatable bonds is 6. The molecule has 0 aliphatic heterocycles. The van der Waals surface area contributed by atoms with Crippen LogP contribution in [-0.2, 0) is 0 Å². The second-order valence-electron chi connectivity index (χ2n) is 4.48. The Morgan fingerprint density at radius 1 is 0.692 bits per heavy atom. The van der Waals surface area contributed by atoms with Gasteiger partial charge in [0.25, 0.3) is 0 Å². The fraction of sp³-hybridized carbons (Fsp3) is 1.00. The average Bonchev–Trinajstić information content (AvgIpc) is 1.80. The van der Waals surface area contributed by atoms with Gasteiger partial charge in [-0.15, -0.1) is 0 Å². The first-order chi connectivity index (χ1) is 5.91. The van der Waals surface area contributed by atoms with E-state index in [1.165, 1.54) is 19.3 Å². The molecule has 0 fully saturated rings. The van der Waals surface area contributed by atoms with Crippen molar-refractivity contribution < 1.29 is 0 Å². The molecule has 0 aromatic carbocycles. The summed E-state index contributed by atoms with van der Waals surface area (Å²) >= 11 is 7.21. The Hall–Kier alpha value is 0.960. The molecule has 0 saturated carbocycles. The van der Waals surface area contributed by atoms with E-state index in [2.05, 4.69) is 59.6 Å². The molecule has 80 valence electrons. The molecule has 0 aliphatic carbocycles. The lowest BCUT2D eigenvalue weighted by Crippen LogP contribution is -2.09. The van der Waals surface area contributed by atoms with Gasteiger partial charge in [0, 0.05) is 9.65 Å². The Morgan fingerprint density at radius 2 is 1.00 bits per heavy atom. The van der Waals surface area contributed by atoms with Crippen LogP contribution in [0.1, 0.15) is 47.0 Å². The van der Waals surface area contributed by atoms with Gasteiger partial charge in [0.05, 0.1) is 0 Å². The second-order valence-corrected chi connectivity index (χ2v) is 7.61. The molecule has 0 nitrogen and oxygen atoms in total. The lowest BCUT2D eigenvalue weighted by atomic mass is 9.91. The third-order valence-electron chi connectivity index (χ3n) is 2.26. The van der Waals surface area contributed by atoms with Crippen molar-refractivity contribution in [3.63, 3.8) is 0 Å². The van der Waals surface area contributed by atoms with E-state index in [9.17, 15) is 0 Å². The van der Waals surface area contributed by atoms with Gasteiger partial charge in [0.1, 0.15) is 0 Å². The van der Waals surface area contributed by atoms with Crippen LogP contribution in [0.4, 0.5) is 0 Å². The molecule has 0 amide bonds. The van der Waals surface area contributed by atoms with E-state index in [-0.39, 0.29) is 0 Å². The van der Waals surface area contributed by atoms with E-state index in [0.29, 0.717) is 9.65 Å². The van der Waals surface area contributed by atoms with Gasteiger partial charge in [-0.05, 0) is 31.1 Å². The van der Waals surface area contributed by atoms with Crippen LogP contribution in [0.3, 0.4) is 0 Å². The molecule has 0 heterocycles. The third kappa shape index (κ3) is 9.27. The first-order valence-electron chi connectivity index (χ1n) is 5.20. The highest BCUT2D eigenvalue weighted by Gasteiger charge is 2.12. The molecular formula is C11H22Br2. The van der Waals surface area contributed by atoms with Crippen molar-refractivity contribution in [1.29, 1.82) is 0 Å². The fourth-order valence-corrected chi connectivity index (χ4v) is 3.26. The van der Waals surface area contributed by atoms with Gasteiger partial charge in [0.15, 0.2) is 0 Å². The Kier molecular flexibility index (Phi) is 7.82. The van der Waals surface area contributed by atoms with Crippen molar-refractivity contribution in [2.75, 3.05) is 0 Å². The largest absolute Gasteiger partial charge is 0.0894 e. The first kappa shape index (κ1) is 14.0. The SMILES string of the molecule is CC(Br)CC(C)CC(C)CC(C)Br. The summed E-state index contributed by atoms with van der Waals surface area (Å²) in [6.45, 7) is 9.17. The number of halogens is 2. The van der Waals surface area contributed by atoms with E-state index < -0.39 is 0 Å². The van der Waals surface area contributed by atoms with Crippen molar-refractivity contribution >= 4 is 31.9 Å². The molecule has 13 heavy (non-hydrogen) atoms. The maximum absolute atomic E-state index is 3.61. The van der Waals surface area contributed by atoms with Crippen molar-refractivity contribution in [1.82, 2.24) is 0 Å². The Labute approximate surface area is 100 Å². The molecule has 0 aromatic rings. The standard InChI is InChI=1S/C11H22Br2/c1-8(6-10(3)12)5-9(2)7-11(4)13/h8-11H,5-7H2,1-4H3. The monoisotopic (exact) mass is 312 g/mol. The molecule has 0 aliphatic rings. The molecule has 4 unspecified atom stereocenters. The maximum Gasteiger partial charge on any atom is 0.0120 e. The molecule has 2 heteroatoms. The van der Waals surface area contributed by atoms with Crippen LogP contribution in [0.15, 0.2) is 0 Å². The summed E-state index contributed by atoms with van der Waals surface area (Å²) in [5.41, 5.74) is 0. The second kappa shape index (κ2) is 7.28. The Balaban J connectivity index is 3.58. The molecule has 0 N–H and O–H groups in total. The van der Waals surface area contributed by atoms with Crippen LogP contribution in [0.25, 0.3) is 0 Å². The molecule has 0 radical (unpaired) electrons. The van der Waals surface area contributed by atoms with Crippen LogP contribution >= 0.6 is 31.9 Å². The minimum absolute atomic E-state index is 0.663. The maximum atomic E-state index is 3.61. The summed E-state index contributed by atoms with van der Waals surface area (Å²) < 4.78 is 0. The summed E-state index contributed by atoms with van der Waals surface area (Å²) in [4.78, 5) is 1.33. The molecule has 0 bridgehead atoms. The van der Waals surface area contributed by atoms with E-state index in [4.69, 9.17) is 0 Å². The summed E-state index contributed by atoms with van der Waals surface area (Å²) in [5.74, 6) is 1.69. The van der Waals surface area contributed by atoms with Gasteiger partial charge >= 0.3 is 0 Å². The predicted octanol–water partition coefficient (Wildman–Crippen LogP) is 5.00. The molecule has 0 spiro atoms. The zero-order valence-corrected chi connectivity index (χ0v) is 12.4. The highest BCUT2D eigenvalue weighted by Crippen LogP contribution is 2.24. The van der Waals surface area contributed by atoms with Crippen LogP contribution in [0, 0.1) is 11.8 Å². The fourth-order valence-electron chi connectivity index (χ4n) is 1.99. The van der Waals surface area contributed by atoms with Gasteiger partial charge < -0.3 is 0 Å². The van der Waals surface area contributed by atoms with Gasteiger partial charge in [-0.25, -0.2) is 0 Å². The van der Waals surface area contributed by atoms with Crippen molar-refractivity contribution in [2.45, 2.75) is 56.6 Å². The molecular weight excluding hydrogens is 292 g/mol. The first-order valence-corrected chi connectivity index (χ1v) is 7.03. The molecule has 4 atom stereocenters. The zero-order chi connectivity index (χ0) is 10.4. The molecule has 0 saturated heterocycles. The quantitative estimate of drug-likeness (QED) is 0.606. The van der Waals surface area contributed by atoms with Gasteiger partial charge in [-0.2, -0.15) is 0 Å². The van der Waals surface area contributed by atoms with Crippen LogP contribution in [0.2, 0.25) is 0 Å². The third-order valence-corrected chi connectivity index (χ3v) is 3.01. The average molecular weight is 314 g/mol. The lowest BCUT2D eigenvalue weighted by Gasteiger charge is -2.19. The van der Waals surface area contributed by atoms with E-state index in [1.54, 1.807) is 0 Å². The zero-order valence-electron chi connectivity index (χ0n) is 9.19. The number of hydrogen-bond donors (Lipinski definition) is 0. The minimum atomic E-state index is 0.663. The van der Waals surface area contributed by atoms with Gasteiger partial charge in [0.2, 0.25) is 0 Å². The topological polar surface area (TPSA) is 0 Å². The molecule has 0 rings (SSSR count). The van der Waals surface area contributed by atoms with Crippen molar-refractivity contribution in [2.24, 2.45) is 11.8 Å². The van der Waals surface area contributed by atoms with Crippen LogP contribution < -0.4 is 0 Å². The smallest absolute Gasteiger partial charge is 0.0120 e. The summed E-state index contributed by atoms with van der Waals surface area (Å²) in [7, 11) is 0. The Bertz CT molecular complexity index is 107. The minimum Gasteiger partial charge on any atom is -0.0894 e. The van der Waals surface area contributed by atoms with Crippen LogP contribution in [0.5, 0.6) is 0 Å². The number of alkyl halides is 2. The molecule has 0 aromatic heterocycles. The van der Waals surface area contributed by atoms with Crippen molar-refractivity contribution in [3.05, 3.63) is 0 Å². The Morgan fingerprint density at radius 3 is 1.23 bits per heavy atom. The lowest BCUT2D eigenvalue weighted by molar-refractivity contribution is 0.380. The van der Waals surface area contributed by atoms with E-state index in [0.717, 1.165) is 11.8 Å². The highest BCUT2D eigenvalue weighted by molar-refractivity contribution is 9.09. The predicted molar refractivity (Wildman–Crippen MR) is 69.0 cm³/mol. The van der Waals surface area contributed by atoms with Crippen molar-refractivity contribution in [3.8, 4) is 0 Å². The highest BCUT2D eigenvalue weighted by atomic mass is 79.9. The van der Waals surface area contributed by atoms with Gasteiger partial charge in [-0.3, -0.25) is 0 Å². The van der Waals surface area contributed by atoms with E-state index in [1.807, 2.05) is 0 Å². The summed E-state index contributed by atoms with van der Waals surface area (Å²) in [6.07, 6.45) is 3.94. The summed E-state index contributed by atoms with van der Waals surface area (Å²) in [5, 5.41) is 0. The number of hydrogen-bond acceptors (Lipinski definition) is 0. The normalized spacial score (nSPS) is 20.8. The van der Waals surface area contributed by atoms with Gasteiger partial charge in [-0.1, -0.05) is 59.6 Å². The van der Waals surface area contributed by atoms with E-state index >= 15 is 0 Å². The summed E-state index contributed by atoms with van der Waals surface area (Å²) in [6, 6.07) is 0. The van der Waals surface area contributed by atoms with Crippen LogP contribution in [-0.4, -0.2) is 9.65 Å².